The van der Waals surface area contributed by atoms with E-state index < -0.39 is 0 Å². The molecule has 1 aromatic carbocycles. The average molecular weight is 216 g/mol. The molecule has 0 aliphatic heterocycles. The fraction of sp³-hybridized carbons (Fsp3) is 0.167. The van der Waals surface area contributed by atoms with Crippen LogP contribution in [0.15, 0.2) is 24.3 Å². The molecule has 0 saturated carbocycles. The van der Waals surface area contributed by atoms with Gasteiger partial charge in [0.2, 0.25) is 5.88 Å². The van der Waals surface area contributed by atoms with Gasteiger partial charge in [0.1, 0.15) is 0 Å². The summed E-state index contributed by atoms with van der Waals surface area (Å²) in [5.41, 5.74) is 2.62. The fourth-order valence-electron chi connectivity index (χ4n) is 1.53. The molecule has 0 radical (unpaired) electrons. The summed E-state index contributed by atoms with van der Waals surface area (Å²) in [4.78, 5) is 10.7. The minimum Gasteiger partial charge on any atom is -0.493 e. The number of aromatic nitrogens is 2. The third-order valence-corrected chi connectivity index (χ3v) is 2.48. The number of hydrogen-bond donors (Lipinski definition) is 1. The van der Waals surface area contributed by atoms with E-state index in [0.29, 0.717) is 12.0 Å². The molecule has 0 bridgehead atoms. The van der Waals surface area contributed by atoms with Gasteiger partial charge in [0.25, 0.3) is 0 Å². The minimum atomic E-state index is -0.114. The monoisotopic (exact) mass is 216 g/mol. The van der Waals surface area contributed by atoms with Crippen LogP contribution >= 0.6 is 0 Å². The molecule has 0 unspecified atom stereocenters. The van der Waals surface area contributed by atoms with E-state index in [2.05, 4.69) is 5.10 Å². The van der Waals surface area contributed by atoms with E-state index in [1.807, 2.05) is 31.2 Å². The van der Waals surface area contributed by atoms with Gasteiger partial charge in [0.05, 0.1) is 16.9 Å². The lowest BCUT2D eigenvalue weighted by molar-refractivity contribution is 0.112. The Labute approximate surface area is 93.1 Å². The summed E-state index contributed by atoms with van der Waals surface area (Å²) < 4.78 is 1.36. The summed E-state index contributed by atoms with van der Waals surface area (Å²) in [6.07, 6.45) is 0.613. The molecular formula is C12H12N2O2. The Balaban J connectivity index is 2.56. The first-order valence-corrected chi connectivity index (χ1v) is 4.94. The highest BCUT2D eigenvalue weighted by atomic mass is 16.3. The van der Waals surface area contributed by atoms with Gasteiger partial charge in [-0.3, -0.25) is 4.79 Å². The fourth-order valence-corrected chi connectivity index (χ4v) is 1.53. The number of aldehydes is 1. The molecule has 4 nitrogen and oxygen atoms in total. The highest BCUT2D eigenvalue weighted by Crippen LogP contribution is 2.22. The Hall–Kier alpha value is -2.10. The largest absolute Gasteiger partial charge is 0.493 e. The highest BCUT2D eigenvalue weighted by Gasteiger charge is 2.14. The van der Waals surface area contributed by atoms with Crippen LogP contribution in [0.25, 0.3) is 5.69 Å². The van der Waals surface area contributed by atoms with E-state index in [9.17, 15) is 9.90 Å². The minimum absolute atomic E-state index is 0.114. The molecule has 0 aliphatic carbocycles. The quantitative estimate of drug-likeness (QED) is 0.781. The number of carbonyl (C=O) groups excluding carboxylic acids is 1. The Morgan fingerprint density at radius 2 is 1.88 bits per heavy atom. The zero-order valence-electron chi connectivity index (χ0n) is 9.14. The lowest BCUT2D eigenvalue weighted by Gasteiger charge is -2.02. The number of carbonyl (C=O) groups is 1. The summed E-state index contributed by atoms with van der Waals surface area (Å²) in [7, 11) is 0. The Bertz CT molecular complexity index is 527. The number of aryl methyl sites for hydroxylation is 2. The number of benzene rings is 1. The molecule has 4 heteroatoms. The second-order valence-electron chi connectivity index (χ2n) is 3.69. The van der Waals surface area contributed by atoms with Crippen molar-refractivity contribution in [2.45, 2.75) is 13.8 Å². The maximum atomic E-state index is 10.7. The average Bonchev–Trinajstić information content (AvgIpc) is 2.55. The zero-order chi connectivity index (χ0) is 11.7. The molecule has 1 heterocycles. The van der Waals surface area contributed by atoms with Crippen molar-refractivity contribution in [1.82, 2.24) is 9.78 Å². The third-order valence-electron chi connectivity index (χ3n) is 2.48. The Morgan fingerprint density at radius 3 is 2.38 bits per heavy atom. The molecule has 16 heavy (non-hydrogen) atoms. The number of hydrogen-bond acceptors (Lipinski definition) is 3. The van der Waals surface area contributed by atoms with Crippen LogP contribution < -0.4 is 0 Å². The van der Waals surface area contributed by atoms with Gasteiger partial charge in [-0.2, -0.15) is 5.10 Å². The second-order valence-corrected chi connectivity index (χ2v) is 3.69. The van der Waals surface area contributed by atoms with Crippen molar-refractivity contribution in [3.63, 3.8) is 0 Å². The smallest absolute Gasteiger partial charge is 0.225 e. The van der Waals surface area contributed by atoms with E-state index in [1.165, 1.54) is 4.68 Å². The van der Waals surface area contributed by atoms with Gasteiger partial charge >= 0.3 is 0 Å². The zero-order valence-corrected chi connectivity index (χ0v) is 9.14. The molecule has 2 rings (SSSR count). The van der Waals surface area contributed by atoms with Gasteiger partial charge in [0, 0.05) is 0 Å². The van der Waals surface area contributed by atoms with Crippen molar-refractivity contribution in [3.05, 3.63) is 41.1 Å². The summed E-state index contributed by atoms with van der Waals surface area (Å²) in [6, 6.07) is 7.53. The van der Waals surface area contributed by atoms with Crippen LogP contribution in [0.2, 0.25) is 0 Å². The topological polar surface area (TPSA) is 55.1 Å². The molecule has 0 fully saturated rings. The number of nitrogens with zero attached hydrogens (tertiary/aromatic N) is 2. The van der Waals surface area contributed by atoms with Crippen LogP contribution in [0, 0.1) is 13.8 Å². The van der Waals surface area contributed by atoms with Crippen molar-refractivity contribution in [2.75, 3.05) is 0 Å². The van der Waals surface area contributed by atoms with Gasteiger partial charge in [-0.15, -0.1) is 0 Å². The van der Waals surface area contributed by atoms with Crippen LogP contribution in [0.1, 0.15) is 21.6 Å². The van der Waals surface area contributed by atoms with Crippen molar-refractivity contribution in [3.8, 4) is 11.6 Å². The first-order chi connectivity index (χ1) is 7.63. The van der Waals surface area contributed by atoms with Crippen molar-refractivity contribution < 1.29 is 9.90 Å². The van der Waals surface area contributed by atoms with Gasteiger partial charge in [-0.25, -0.2) is 4.68 Å². The summed E-state index contributed by atoms with van der Waals surface area (Å²) in [5, 5.41) is 13.9. The van der Waals surface area contributed by atoms with Crippen LogP contribution in [-0.2, 0) is 0 Å². The lowest BCUT2D eigenvalue weighted by atomic mass is 10.2. The van der Waals surface area contributed by atoms with E-state index in [4.69, 9.17) is 0 Å². The molecule has 0 atom stereocenters. The first-order valence-electron chi connectivity index (χ1n) is 4.94. The van der Waals surface area contributed by atoms with Gasteiger partial charge in [-0.05, 0) is 26.0 Å². The molecule has 0 saturated heterocycles. The Morgan fingerprint density at radius 1 is 1.25 bits per heavy atom. The van der Waals surface area contributed by atoms with Crippen LogP contribution in [0.3, 0.4) is 0 Å². The highest BCUT2D eigenvalue weighted by molar-refractivity contribution is 5.80. The maximum absolute atomic E-state index is 10.7. The summed E-state index contributed by atoms with van der Waals surface area (Å²) in [6.45, 7) is 3.67. The molecule has 2 aromatic rings. The molecular weight excluding hydrogens is 204 g/mol. The van der Waals surface area contributed by atoms with Crippen LogP contribution in [0.5, 0.6) is 5.88 Å². The standard InChI is InChI=1S/C12H12N2O2/c1-8-3-5-10(6-4-8)14-12(16)11(7-15)9(2)13-14/h3-7,16H,1-2H3. The normalized spacial score (nSPS) is 10.4. The maximum Gasteiger partial charge on any atom is 0.225 e. The van der Waals surface area contributed by atoms with Crippen molar-refractivity contribution in [1.29, 1.82) is 0 Å². The molecule has 1 N–H and O–H groups in total. The lowest BCUT2D eigenvalue weighted by Crippen LogP contribution is -1.95. The molecule has 0 amide bonds. The summed E-state index contributed by atoms with van der Waals surface area (Å²) in [5.74, 6) is -0.114. The van der Waals surface area contributed by atoms with Gasteiger partial charge in [-0.1, -0.05) is 17.7 Å². The van der Waals surface area contributed by atoms with Crippen LogP contribution in [0.4, 0.5) is 0 Å². The summed E-state index contributed by atoms with van der Waals surface area (Å²) >= 11 is 0. The molecule has 1 aromatic heterocycles. The SMILES string of the molecule is Cc1ccc(-n2nc(C)c(C=O)c2O)cc1. The number of aromatic hydroxyl groups is 1. The predicted octanol–water partition coefficient (Wildman–Crippen LogP) is 2.01. The Kier molecular flexibility index (Phi) is 2.48. The van der Waals surface area contributed by atoms with Crippen molar-refractivity contribution in [2.24, 2.45) is 0 Å². The van der Waals surface area contributed by atoms with E-state index >= 15 is 0 Å². The first kappa shape index (κ1) is 10.4. The molecule has 0 spiro atoms. The molecule has 0 aliphatic rings. The number of rotatable bonds is 2. The third kappa shape index (κ3) is 1.58. The van der Waals surface area contributed by atoms with Crippen LogP contribution in [-0.4, -0.2) is 21.2 Å². The van der Waals surface area contributed by atoms with E-state index in [1.54, 1.807) is 6.92 Å². The second kappa shape index (κ2) is 3.81. The predicted molar refractivity (Wildman–Crippen MR) is 60.1 cm³/mol. The van der Waals surface area contributed by atoms with Gasteiger partial charge < -0.3 is 5.11 Å². The van der Waals surface area contributed by atoms with E-state index in [0.717, 1.165) is 11.3 Å². The van der Waals surface area contributed by atoms with E-state index in [-0.39, 0.29) is 11.4 Å². The van der Waals surface area contributed by atoms with Crippen molar-refractivity contribution >= 4 is 6.29 Å². The van der Waals surface area contributed by atoms with Gasteiger partial charge in [0.15, 0.2) is 6.29 Å². The molecule has 82 valence electrons.